The lowest BCUT2D eigenvalue weighted by Gasteiger charge is -2.03. The standard InChI is InChI=1S/C8H11BrN2/c9-8-10-5-7(11-8)6-3-1-2-4-6/h5-6H,1-4H2,(H,10,11). The molecule has 0 atom stereocenters. The van der Waals surface area contributed by atoms with Crippen LogP contribution in [0, 0.1) is 0 Å². The lowest BCUT2D eigenvalue weighted by Crippen LogP contribution is -1.90. The monoisotopic (exact) mass is 214 g/mol. The van der Waals surface area contributed by atoms with E-state index in [4.69, 9.17) is 0 Å². The van der Waals surface area contributed by atoms with Gasteiger partial charge in [0.2, 0.25) is 0 Å². The first kappa shape index (κ1) is 7.35. The van der Waals surface area contributed by atoms with Gasteiger partial charge in [0, 0.05) is 17.8 Å². The van der Waals surface area contributed by atoms with Crippen molar-refractivity contribution in [1.82, 2.24) is 9.97 Å². The van der Waals surface area contributed by atoms with Gasteiger partial charge in [-0.2, -0.15) is 0 Å². The fraction of sp³-hybridized carbons (Fsp3) is 0.625. The van der Waals surface area contributed by atoms with Crippen molar-refractivity contribution >= 4 is 15.9 Å². The van der Waals surface area contributed by atoms with Crippen molar-refractivity contribution < 1.29 is 0 Å². The van der Waals surface area contributed by atoms with Gasteiger partial charge in [0.25, 0.3) is 0 Å². The number of imidazole rings is 1. The summed E-state index contributed by atoms with van der Waals surface area (Å²) in [5, 5.41) is 0. The normalized spacial score (nSPS) is 19.4. The number of aromatic amines is 1. The van der Waals surface area contributed by atoms with Crippen molar-refractivity contribution in [1.29, 1.82) is 0 Å². The van der Waals surface area contributed by atoms with Gasteiger partial charge in [-0.15, -0.1) is 0 Å². The fourth-order valence-electron chi connectivity index (χ4n) is 1.75. The first-order valence-corrected chi connectivity index (χ1v) is 4.86. The van der Waals surface area contributed by atoms with E-state index in [-0.39, 0.29) is 0 Å². The number of aromatic nitrogens is 2. The van der Waals surface area contributed by atoms with Gasteiger partial charge in [0.15, 0.2) is 4.73 Å². The molecule has 2 nitrogen and oxygen atoms in total. The van der Waals surface area contributed by atoms with Crippen LogP contribution in [0.25, 0.3) is 0 Å². The summed E-state index contributed by atoms with van der Waals surface area (Å²) >= 11 is 3.31. The highest BCUT2D eigenvalue weighted by Crippen LogP contribution is 2.33. The molecule has 0 amide bonds. The molecule has 1 aliphatic rings. The SMILES string of the molecule is Brc1ncc(C2CCCC2)[nH]1. The van der Waals surface area contributed by atoms with E-state index in [1.807, 2.05) is 6.20 Å². The van der Waals surface area contributed by atoms with Gasteiger partial charge >= 0.3 is 0 Å². The highest BCUT2D eigenvalue weighted by atomic mass is 79.9. The van der Waals surface area contributed by atoms with Gasteiger partial charge in [0.05, 0.1) is 0 Å². The largest absolute Gasteiger partial charge is 0.336 e. The average molecular weight is 215 g/mol. The quantitative estimate of drug-likeness (QED) is 0.766. The minimum Gasteiger partial charge on any atom is -0.336 e. The summed E-state index contributed by atoms with van der Waals surface area (Å²) in [6.45, 7) is 0. The smallest absolute Gasteiger partial charge is 0.174 e. The summed E-state index contributed by atoms with van der Waals surface area (Å²) in [5.74, 6) is 0.744. The minimum atomic E-state index is 0.744. The van der Waals surface area contributed by atoms with Gasteiger partial charge in [0.1, 0.15) is 0 Å². The van der Waals surface area contributed by atoms with E-state index in [0.717, 1.165) is 10.7 Å². The highest BCUT2D eigenvalue weighted by molar-refractivity contribution is 9.10. The maximum absolute atomic E-state index is 4.12. The van der Waals surface area contributed by atoms with Crippen molar-refractivity contribution in [2.24, 2.45) is 0 Å². The Bertz CT molecular complexity index is 238. The fourth-order valence-corrected chi connectivity index (χ4v) is 2.09. The number of rotatable bonds is 1. The summed E-state index contributed by atoms with van der Waals surface area (Å²) in [5.41, 5.74) is 1.30. The van der Waals surface area contributed by atoms with Crippen LogP contribution in [-0.4, -0.2) is 9.97 Å². The summed E-state index contributed by atoms with van der Waals surface area (Å²) in [6, 6.07) is 0. The van der Waals surface area contributed by atoms with E-state index in [1.165, 1.54) is 31.4 Å². The van der Waals surface area contributed by atoms with Crippen molar-refractivity contribution in [2.45, 2.75) is 31.6 Å². The maximum atomic E-state index is 4.12. The molecular formula is C8H11BrN2. The zero-order valence-electron chi connectivity index (χ0n) is 6.31. The molecule has 0 saturated heterocycles. The molecular weight excluding hydrogens is 204 g/mol. The van der Waals surface area contributed by atoms with Crippen molar-refractivity contribution in [3.8, 4) is 0 Å². The molecule has 0 unspecified atom stereocenters. The molecule has 1 aromatic heterocycles. The molecule has 2 rings (SSSR count). The van der Waals surface area contributed by atoms with Crippen LogP contribution in [0.3, 0.4) is 0 Å². The lowest BCUT2D eigenvalue weighted by atomic mass is 10.1. The van der Waals surface area contributed by atoms with E-state index in [1.54, 1.807) is 0 Å². The second-order valence-corrected chi connectivity index (χ2v) is 3.86. The molecule has 1 aliphatic carbocycles. The maximum Gasteiger partial charge on any atom is 0.174 e. The Labute approximate surface area is 74.5 Å². The molecule has 0 aromatic carbocycles. The molecule has 11 heavy (non-hydrogen) atoms. The lowest BCUT2D eigenvalue weighted by molar-refractivity contribution is 0.701. The second kappa shape index (κ2) is 2.97. The van der Waals surface area contributed by atoms with Crippen LogP contribution in [0.4, 0.5) is 0 Å². The van der Waals surface area contributed by atoms with Crippen molar-refractivity contribution in [3.63, 3.8) is 0 Å². The Kier molecular flexibility index (Phi) is 1.98. The predicted molar refractivity (Wildman–Crippen MR) is 47.5 cm³/mol. The van der Waals surface area contributed by atoms with E-state index in [9.17, 15) is 0 Å². The zero-order chi connectivity index (χ0) is 7.68. The molecule has 0 aliphatic heterocycles. The summed E-state index contributed by atoms with van der Waals surface area (Å²) in [4.78, 5) is 7.35. The summed E-state index contributed by atoms with van der Waals surface area (Å²) in [7, 11) is 0. The van der Waals surface area contributed by atoms with Crippen LogP contribution in [0.15, 0.2) is 10.9 Å². The third-order valence-electron chi connectivity index (χ3n) is 2.36. The number of hydrogen-bond acceptors (Lipinski definition) is 1. The Morgan fingerprint density at radius 3 is 2.73 bits per heavy atom. The Morgan fingerprint density at radius 2 is 2.18 bits per heavy atom. The zero-order valence-corrected chi connectivity index (χ0v) is 7.89. The van der Waals surface area contributed by atoms with E-state index in [2.05, 4.69) is 25.9 Å². The van der Waals surface area contributed by atoms with Gasteiger partial charge in [-0.25, -0.2) is 4.98 Å². The first-order valence-electron chi connectivity index (χ1n) is 4.06. The highest BCUT2D eigenvalue weighted by Gasteiger charge is 2.18. The minimum absolute atomic E-state index is 0.744. The number of halogens is 1. The van der Waals surface area contributed by atoms with E-state index < -0.39 is 0 Å². The predicted octanol–water partition coefficient (Wildman–Crippen LogP) is 2.83. The van der Waals surface area contributed by atoms with E-state index >= 15 is 0 Å². The number of H-pyrrole nitrogens is 1. The van der Waals surface area contributed by atoms with Crippen LogP contribution in [0.2, 0.25) is 0 Å². The first-order chi connectivity index (χ1) is 5.36. The third kappa shape index (κ3) is 1.48. The third-order valence-corrected chi connectivity index (χ3v) is 2.76. The van der Waals surface area contributed by atoms with Crippen molar-refractivity contribution in [2.75, 3.05) is 0 Å². The van der Waals surface area contributed by atoms with Gasteiger partial charge in [-0.3, -0.25) is 0 Å². The molecule has 1 aromatic rings. The van der Waals surface area contributed by atoms with Crippen LogP contribution in [0.5, 0.6) is 0 Å². The second-order valence-electron chi connectivity index (χ2n) is 3.11. The molecule has 0 radical (unpaired) electrons. The van der Waals surface area contributed by atoms with E-state index in [0.29, 0.717) is 0 Å². The van der Waals surface area contributed by atoms with Crippen LogP contribution in [0.1, 0.15) is 37.3 Å². The number of nitrogens with zero attached hydrogens (tertiary/aromatic N) is 1. The average Bonchev–Trinajstić information content (AvgIpc) is 2.55. The molecule has 0 spiro atoms. The van der Waals surface area contributed by atoms with Gasteiger partial charge in [-0.1, -0.05) is 12.8 Å². The Balaban J connectivity index is 2.15. The topological polar surface area (TPSA) is 28.7 Å². The molecule has 1 fully saturated rings. The van der Waals surface area contributed by atoms with Crippen LogP contribution in [-0.2, 0) is 0 Å². The van der Waals surface area contributed by atoms with Crippen LogP contribution < -0.4 is 0 Å². The number of nitrogens with one attached hydrogen (secondary N) is 1. The number of hydrogen-bond donors (Lipinski definition) is 1. The Hall–Kier alpha value is -0.310. The van der Waals surface area contributed by atoms with Crippen LogP contribution >= 0.6 is 15.9 Å². The molecule has 1 heterocycles. The molecule has 0 bridgehead atoms. The van der Waals surface area contributed by atoms with Gasteiger partial charge in [-0.05, 0) is 28.8 Å². The molecule has 1 saturated carbocycles. The summed E-state index contributed by atoms with van der Waals surface area (Å²) in [6.07, 6.45) is 7.35. The molecule has 60 valence electrons. The molecule has 1 N–H and O–H groups in total. The summed E-state index contributed by atoms with van der Waals surface area (Å²) < 4.78 is 0.861. The van der Waals surface area contributed by atoms with Gasteiger partial charge < -0.3 is 4.98 Å². The molecule has 3 heteroatoms. The Morgan fingerprint density at radius 1 is 1.45 bits per heavy atom. The van der Waals surface area contributed by atoms with Crippen molar-refractivity contribution in [3.05, 3.63) is 16.6 Å².